The molecule has 0 N–H and O–H groups in total. The van der Waals surface area contributed by atoms with Gasteiger partial charge < -0.3 is 4.57 Å². The summed E-state index contributed by atoms with van der Waals surface area (Å²) in [4.78, 5) is 7.42. The van der Waals surface area contributed by atoms with Crippen molar-refractivity contribution in [3.8, 4) is 0 Å². The number of aryl methyl sites for hydroxylation is 1. The second-order valence-corrected chi connectivity index (χ2v) is 3.44. The molecule has 0 fully saturated rings. The summed E-state index contributed by atoms with van der Waals surface area (Å²) in [6.45, 7) is 9.69. The number of imidazole rings is 1. The molecule has 3 nitrogen and oxygen atoms in total. The zero-order valence-electron chi connectivity index (χ0n) is 8.51. The molecule has 15 heavy (non-hydrogen) atoms. The molecule has 0 spiro atoms. The van der Waals surface area contributed by atoms with Crippen LogP contribution in [0, 0.1) is 13.5 Å². The van der Waals surface area contributed by atoms with Crippen LogP contribution in [-0.2, 0) is 6.54 Å². The Balaban J connectivity index is 2.19. The minimum atomic E-state index is 0.682. The summed E-state index contributed by atoms with van der Waals surface area (Å²) >= 11 is 0. The van der Waals surface area contributed by atoms with Crippen molar-refractivity contribution in [2.75, 3.05) is 0 Å². The molecule has 74 valence electrons. The molecule has 2 rings (SSSR count). The van der Waals surface area contributed by atoms with Gasteiger partial charge in [-0.25, -0.2) is 9.83 Å². The normalized spacial score (nSPS) is 9.87. The van der Waals surface area contributed by atoms with Crippen LogP contribution in [0.5, 0.6) is 0 Å². The summed E-state index contributed by atoms with van der Waals surface area (Å²) in [6.07, 6.45) is 3.66. The van der Waals surface area contributed by atoms with Crippen molar-refractivity contribution in [1.82, 2.24) is 9.55 Å². The van der Waals surface area contributed by atoms with E-state index in [0.717, 1.165) is 12.2 Å². The fourth-order valence-electron chi connectivity index (χ4n) is 1.43. The van der Waals surface area contributed by atoms with Gasteiger partial charge in [0.25, 0.3) is 0 Å². The maximum absolute atomic E-state index is 6.85. The van der Waals surface area contributed by atoms with Gasteiger partial charge >= 0.3 is 0 Å². The largest absolute Gasteiger partial charge is 0.330 e. The Morgan fingerprint density at radius 1 is 1.33 bits per heavy atom. The Kier molecular flexibility index (Phi) is 2.51. The van der Waals surface area contributed by atoms with Crippen molar-refractivity contribution >= 4 is 5.69 Å². The summed E-state index contributed by atoms with van der Waals surface area (Å²) in [7, 11) is 0. The van der Waals surface area contributed by atoms with Crippen LogP contribution in [0.1, 0.15) is 11.3 Å². The number of aromatic nitrogens is 2. The molecule has 1 heterocycles. The lowest BCUT2D eigenvalue weighted by Gasteiger charge is -2.04. The van der Waals surface area contributed by atoms with E-state index in [0.29, 0.717) is 5.69 Å². The summed E-state index contributed by atoms with van der Waals surface area (Å²) < 4.78 is 2.08. The van der Waals surface area contributed by atoms with Gasteiger partial charge in [-0.3, -0.25) is 0 Å². The van der Waals surface area contributed by atoms with E-state index in [4.69, 9.17) is 6.57 Å². The lowest BCUT2D eigenvalue weighted by atomic mass is 10.2. The number of hydrogen-bond acceptors (Lipinski definition) is 1. The van der Waals surface area contributed by atoms with Crippen molar-refractivity contribution in [3.05, 3.63) is 59.5 Å². The molecule has 1 aromatic carbocycles. The topological polar surface area (TPSA) is 22.2 Å². The van der Waals surface area contributed by atoms with Gasteiger partial charge in [0.15, 0.2) is 5.69 Å². The molecule has 0 saturated heterocycles. The van der Waals surface area contributed by atoms with Gasteiger partial charge in [-0.2, -0.15) is 0 Å². The third-order valence-electron chi connectivity index (χ3n) is 2.34. The average Bonchev–Trinajstić information content (AvgIpc) is 2.66. The number of hydrogen-bond donors (Lipinski definition) is 0. The first-order valence-corrected chi connectivity index (χ1v) is 4.73. The Morgan fingerprint density at radius 3 is 2.60 bits per heavy atom. The van der Waals surface area contributed by atoms with Gasteiger partial charge in [-0.1, -0.05) is 24.3 Å². The molecule has 3 heteroatoms. The number of rotatable bonds is 2. The van der Waals surface area contributed by atoms with E-state index in [1.54, 1.807) is 0 Å². The molecule has 0 aliphatic carbocycles. The lowest BCUT2D eigenvalue weighted by molar-refractivity contribution is 0.770. The van der Waals surface area contributed by atoms with E-state index in [9.17, 15) is 0 Å². The Hall–Kier alpha value is -2.08. The second kappa shape index (κ2) is 3.97. The fourth-order valence-corrected chi connectivity index (χ4v) is 1.43. The van der Waals surface area contributed by atoms with Gasteiger partial charge in [0.05, 0.1) is 12.9 Å². The van der Waals surface area contributed by atoms with Crippen LogP contribution < -0.4 is 0 Å². The smallest absolute Gasteiger partial charge is 0.187 e. The zero-order valence-corrected chi connectivity index (χ0v) is 8.51. The Labute approximate surface area is 88.8 Å². The van der Waals surface area contributed by atoms with Crippen molar-refractivity contribution in [2.45, 2.75) is 13.5 Å². The first-order chi connectivity index (χ1) is 7.29. The Morgan fingerprint density at radius 2 is 2.07 bits per heavy atom. The van der Waals surface area contributed by atoms with E-state index >= 15 is 0 Å². The van der Waals surface area contributed by atoms with E-state index in [2.05, 4.69) is 14.4 Å². The van der Waals surface area contributed by atoms with Crippen LogP contribution in [0.15, 0.2) is 36.8 Å². The quantitative estimate of drug-likeness (QED) is 0.678. The van der Waals surface area contributed by atoms with E-state index in [1.165, 1.54) is 5.56 Å². The molecule has 2 aromatic rings. The molecule has 0 aliphatic rings. The maximum atomic E-state index is 6.85. The molecule has 0 amide bonds. The van der Waals surface area contributed by atoms with Crippen LogP contribution in [0.3, 0.4) is 0 Å². The average molecular weight is 197 g/mol. The fraction of sp³-hybridized carbons (Fsp3) is 0.167. The van der Waals surface area contributed by atoms with Crippen LogP contribution in [0.25, 0.3) is 4.85 Å². The highest BCUT2D eigenvalue weighted by Gasteiger charge is 1.98. The van der Waals surface area contributed by atoms with Crippen molar-refractivity contribution < 1.29 is 0 Å². The van der Waals surface area contributed by atoms with Crippen LogP contribution in [0.2, 0.25) is 0 Å². The number of nitrogens with zero attached hydrogens (tertiary/aromatic N) is 3. The van der Waals surface area contributed by atoms with Crippen molar-refractivity contribution in [2.24, 2.45) is 0 Å². The van der Waals surface area contributed by atoms with Gasteiger partial charge in [0.2, 0.25) is 0 Å². The Bertz CT molecular complexity index is 488. The summed E-state index contributed by atoms with van der Waals surface area (Å²) in [5, 5.41) is 0. The standard InChI is InChI=1S/C12H11N3/c1-10-7-14-9-15(10)8-11-3-5-12(13-2)6-4-11/h3-7,9H,8H2,1H3. The lowest BCUT2D eigenvalue weighted by Crippen LogP contribution is -1.99. The molecule has 0 aliphatic heterocycles. The van der Waals surface area contributed by atoms with Crippen LogP contribution >= 0.6 is 0 Å². The molecular weight excluding hydrogens is 186 g/mol. The highest BCUT2D eigenvalue weighted by Crippen LogP contribution is 2.13. The van der Waals surface area contributed by atoms with Crippen LogP contribution in [-0.4, -0.2) is 9.55 Å². The summed E-state index contributed by atoms with van der Waals surface area (Å²) in [5.41, 5.74) is 3.01. The highest BCUT2D eigenvalue weighted by atomic mass is 15.0. The second-order valence-electron chi connectivity index (χ2n) is 3.44. The van der Waals surface area contributed by atoms with Gasteiger partial charge in [0.1, 0.15) is 0 Å². The predicted molar refractivity (Wildman–Crippen MR) is 58.8 cm³/mol. The predicted octanol–water partition coefficient (Wildman–Crippen LogP) is 2.79. The minimum Gasteiger partial charge on any atom is -0.330 e. The molecule has 0 unspecified atom stereocenters. The first-order valence-electron chi connectivity index (χ1n) is 4.73. The molecular formula is C12H11N3. The SMILES string of the molecule is [C-]#[N+]c1ccc(Cn2cncc2C)cc1. The van der Waals surface area contributed by atoms with Crippen molar-refractivity contribution in [3.63, 3.8) is 0 Å². The third kappa shape index (κ3) is 2.05. The van der Waals surface area contributed by atoms with Crippen molar-refractivity contribution in [1.29, 1.82) is 0 Å². The van der Waals surface area contributed by atoms with E-state index in [1.807, 2.05) is 43.7 Å². The van der Waals surface area contributed by atoms with E-state index in [-0.39, 0.29) is 0 Å². The summed E-state index contributed by atoms with van der Waals surface area (Å²) in [6, 6.07) is 7.64. The molecule has 0 radical (unpaired) electrons. The van der Waals surface area contributed by atoms with Crippen LogP contribution in [0.4, 0.5) is 5.69 Å². The summed E-state index contributed by atoms with van der Waals surface area (Å²) in [5.74, 6) is 0. The molecule has 0 bridgehead atoms. The zero-order chi connectivity index (χ0) is 10.7. The number of benzene rings is 1. The molecule has 1 aromatic heterocycles. The third-order valence-corrected chi connectivity index (χ3v) is 2.34. The minimum absolute atomic E-state index is 0.682. The molecule has 0 saturated carbocycles. The first kappa shape index (κ1) is 9.47. The van der Waals surface area contributed by atoms with Gasteiger partial charge in [-0.05, 0) is 12.5 Å². The highest BCUT2D eigenvalue weighted by molar-refractivity contribution is 5.45. The monoisotopic (exact) mass is 197 g/mol. The maximum Gasteiger partial charge on any atom is 0.187 e. The van der Waals surface area contributed by atoms with Gasteiger partial charge in [0, 0.05) is 18.4 Å². The molecule has 0 atom stereocenters. The van der Waals surface area contributed by atoms with Gasteiger partial charge in [-0.15, -0.1) is 0 Å². The van der Waals surface area contributed by atoms with E-state index < -0.39 is 0 Å².